The minimum Gasteiger partial charge on any atom is -0.315 e. The average Bonchev–Trinajstić information content (AvgIpc) is 3.07. The molecule has 2 atom stereocenters. The van der Waals surface area contributed by atoms with Crippen LogP contribution >= 0.6 is 11.8 Å². The van der Waals surface area contributed by atoms with Gasteiger partial charge in [0, 0.05) is 35.3 Å². The van der Waals surface area contributed by atoms with E-state index in [1.54, 1.807) is 0 Å². The molecule has 0 saturated heterocycles. The number of fused-ring (bicyclic) bond motifs is 1. The lowest BCUT2D eigenvalue weighted by atomic mass is 10.0. The summed E-state index contributed by atoms with van der Waals surface area (Å²) in [5.41, 5.74) is 4.00. The third-order valence-electron chi connectivity index (χ3n) is 4.31. The molecule has 0 amide bonds. The molecular formula is C17H23N3S. The van der Waals surface area contributed by atoms with Crippen LogP contribution in [-0.4, -0.2) is 28.1 Å². The first-order valence-electron chi connectivity index (χ1n) is 7.65. The van der Waals surface area contributed by atoms with E-state index in [0.29, 0.717) is 11.3 Å². The van der Waals surface area contributed by atoms with E-state index < -0.39 is 0 Å². The molecule has 0 radical (unpaired) electrons. The van der Waals surface area contributed by atoms with Crippen LogP contribution in [0.15, 0.2) is 35.2 Å². The predicted octanol–water partition coefficient (Wildman–Crippen LogP) is 2.83. The summed E-state index contributed by atoms with van der Waals surface area (Å²) >= 11 is 2.01. The molecule has 4 heteroatoms. The molecule has 2 unspecified atom stereocenters. The monoisotopic (exact) mass is 301 g/mol. The Morgan fingerprint density at radius 3 is 2.90 bits per heavy atom. The van der Waals surface area contributed by atoms with Gasteiger partial charge in [-0.1, -0.05) is 25.1 Å². The maximum Gasteiger partial charge on any atom is 0.0624 e. The zero-order valence-corrected chi connectivity index (χ0v) is 13.8. The number of rotatable bonds is 5. The molecule has 0 bridgehead atoms. The number of thioether (sulfide) groups is 1. The van der Waals surface area contributed by atoms with Gasteiger partial charge in [0.05, 0.1) is 5.69 Å². The second-order valence-corrected chi connectivity index (χ2v) is 6.95. The molecule has 0 fully saturated rings. The van der Waals surface area contributed by atoms with Crippen molar-refractivity contribution in [2.75, 3.05) is 7.05 Å². The summed E-state index contributed by atoms with van der Waals surface area (Å²) in [7, 11) is 4.13. The van der Waals surface area contributed by atoms with Crippen molar-refractivity contribution in [1.82, 2.24) is 15.1 Å². The van der Waals surface area contributed by atoms with Crippen molar-refractivity contribution < 1.29 is 0 Å². The number of benzene rings is 1. The van der Waals surface area contributed by atoms with Gasteiger partial charge in [-0.25, -0.2) is 0 Å². The molecule has 1 aliphatic heterocycles. The van der Waals surface area contributed by atoms with E-state index in [-0.39, 0.29) is 0 Å². The smallest absolute Gasteiger partial charge is 0.0624 e. The van der Waals surface area contributed by atoms with Gasteiger partial charge in [0.15, 0.2) is 0 Å². The molecule has 112 valence electrons. The van der Waals surface area contributed by atoms with E-state index in [4.69, 9.17) is 0 Å². The second kappa shape index (κ2) is 6.24. The molecule has 2 aromatic rings. The summed E-state index contributed by atoms with van der Waals surface area (Å²) in [4.78, 5) is 1.45. The Labute approximate surface area is 131 Å². The Bertz CT molecular complexity index is 595. The van der Waals surface area contributed by atoms with Crippen LogP contribution in [0, 0.1) is 0 Å². The number of likely N-dealkylation sites (N-methyl/N-ethyl adjacent to an activating group) is 1. The molecule has 3 rings (SSSR count). The maximum absolute atomic E-state index is 4.56. The number of aryl methyl sites for hydroxylation is 2. The van der Waals surface area contributed by atoms with Gasteiger partial charge < -0.3 is 5.32 Å². The zero-order valence-electron chi connectivity index (χ0n) is 13.0. The van der Waals surface area contributed by atoms with Crippen molar-refractivity contribution in [1.29, 1.82) is 0 Å². The molecule has 2 heterocycles. The van der Waals surface area contributed by atoms with Crippen molar-refractivity contribution in [3.63, 3.8) is 0 Å². The van der Waals surface area contributed by atoms with E-state index in [2.05, 4.69) is 61.8 Å². The first-order valence-corrected chi connectivity index (χ1v) is 8.52. The first kappa shape index (κ1) is 14.7. The normalized spacial score (nSPS) is 18.7. The summed E-state index contributed by atoms with van der Waals surface area (Å²) < 4.78 is 2.04. The number of nitrogens with zero attached hydrogens (tertiary/aromatic N) is 2. The summed E-state index contributed by atoms with van der Waals surface area (Å²) in [6, 6.07) is 11.5. The van der Waals surface area contributed by atoms with Crippen LogP contribution in [0.25, 0.3) is 0 Å². The largest absolute Gasteiger partial charge is 0.315 e. The van der Waals surface area contributed by atoms with Gasteiger partial charge in [0.2, 0.25) is 0 Å². The molecule has 0 spiro atoms. The van der Waals surface area contributed by atoms with Crippen LogP contribution in [0.3, 0.4) is 0 Å². The Morgan fingerprint density at radius 1 is 1.43 bits per heavy atom. The third-order valence-corrected chi connectivity index (χ3v) is 5.76. The molecule has 0 aliphatic carbocycles. The van der Waals surface area contributed by atoms with Gasteiger partial charge >= 0.3 is 0 Å². The van der Waals surface area contributed by atoms with Gasteiger partial charge in [0.25, 0.3) is 0 Å². The van der Waals surface area contributed by atoms with Crippen LogP contribution < -0.4 is 5.32 Å². The van der Waals surface area contributed by atoms with Crippen LogP contribution in [0.1, 0.15) is 23.9 Å². The highest BCUT2D eigenvalue weighted by Gasteiger charge is 2.29. The predicted molar refractivity (Wildman–Crippen MR) is 88.9 cm³/mol. The van der Waals surface area contributed by atoms with Crippen molar-refractivity contribution in [2.45, 2.75) is 42.4 Å². The van der Waals surface area contributed by atoms with E-state index >= 15 is 0 Å². The Morgan fingerprint density at radius 2 is 2.24 bits per heavy atom. The van der Waals surface area contributed by atoms with Crippen LogP contribution in [0.5, 0.6) is 0 Å². The molecule has 21 heavy (non-hydrogen) atoms. The first-order chi connectivity index (χ1) is 10.2. The third kappa shape index (κ3) is 3.01. The number of nitrogens with one attached hydrogen (secondary N) is 1. The van der Waals surface area contributed by atoms with Gasteiger partial charge in [-0.3, -0.25) is 4.68 Å². The highest BCUT2D eigenvalue weighted by atomic mass is 32.2. The van der Waals surface area contributed by atoms with E-state index in [0.717, 1.165) is 19.3 Å². The van der Waals surface area contributed by atoms with Gasteiger partial charge in [-0.05, 0) is 37.6 Å². The fraction of sp³-hybridized carbons (Fsp3) is 0.471. The molecule has 1 aliphatic rings. The van der Waals surface area contributed by atoms with E-state index in [1.807, 2.05) is 16.4 Å². The lowest BCUT2D eigenvalue weighted by molar-refractivity contribution is 0.518. The highest BCUT2D eigenvalue weighted by molar-refractivity contribution is 8.00. The second-order valence-electron chi connectivity index (χ2n) is 5.67. The lowest BCUT2D eigenvalue weighted by Crippen LogP contribution is -2.38. The summed E-state index contributed by atoms with van der Waals surface area (Å²) in [5, 5.41) is 8.69. The number of aromatic nitrogens is 2. The fourth-order valence-electron chi connectivity index (χ4n) is 3.01. The van der Waals surface area contributed by atoms with E-state index in [9.17, 15) is 0 Å². The molecule has 0 saturated carbocycles. The average molecular weight is 301 g/mol. The molecule has 1 aromatic carbocycles. The summed E-state index contributed by atoms with van der Waals surface area (Å²) in [6.07, 6.45) is 3.19. The molecular weight excluding hydrogens is 278 g/mol. The van der Waals surface area contributed by atoms with E-state index in [1.165, 1.54) is 21.8 Å². The Hall–Kier alpha value is -1.26. The van der Waals surface area contributed by atoms with Crippen LogP contribution in [0.4, 0.5) is 0 Å². The topological polar surface area (TPSA) is 29.9 Å². The van der Waals surface area contributed by atoms with Crippen molar-refractivity contribution in [3.05, 3.63) is 47.3 Å². The van der Waals surface area contributed by atoms with Crippen molar-refractivity contribution >= 4 is 11.8 Å². The highest BCUT2D eigenvalue weighted by Crippen LogP contribution is 2.38. The molecule has 1 N–H and O–H groups in total. The lowest BCUT2D eigenvalue weighted by Gasteiger charge is -2.22. The Kier molecular flexibility index (Phi) is 4.36. The van der Waals surface area contributed by atoms with Gasteiger partial charge in [-0.15, -0.1) is 11.8 Å². The van der Waals surface area contributed by atoms with Gasteiger partial charge in [0.1, 0.15) is 0 Å². The van der Waals surface area contributed by atoms with Crippen LogP contribution in [-0.2, 0) is 26.3 Å². The standard InChI is InChI=1S/C17H23N3S/c1-4-13-10-14(20(3)19-13)11-15(18-2)17-9-12-7-5-6-8-16(12)21-17/h5-8,10,15,17-18H,4,9,11H2,1-3H3. The maximum atomic E-state index is 4.56. The SMILES string of the molecule is CCc1cc(CC(NC)C2Cc3ccccc3S2)n(C)n1. The summed E-state index contributed by atoms with van der Waals surface area (Å²) in [5.74, 6) is 0. The zero-order chi connectivity index (χ0) is 14.8. The molecule has 1 aromatic heterocycles. The van der Waals surface area contributed by atoms with Crippen molar-refractivity contribution in [2.24, 2.45) is 7.05 Å². The fourth-order valence-corrected chi connectivity index (χ4v) is 4.46. The van der Waals surface area contributed by atoms with Crippen LogP contribution in [0.2, 0.25) is 0 Å². The van der Waals surface area contributed by atoms with Gasteiger partial charge in [-0.2, -0.15) is 5.10 Å². The summed E-state index contributed by atoms with van der Waals surface area (Å²) in [6.45, 7) is 2.16. The minimum absolute atomic E-state index is 0.475. The molecule has 3 nitrogen and oxygen atoms in total. The Balaban J connectivity index is 1.73. The quantitative estimate of drug-likeness (QED) is 0.921. The van der Waals surface area contributed by atoms with Crippen molar-refractivity contribution in [3.8, 4) is 0 Å². The number of hydrogen-bond acceptors (Lipinski definition) is 3. The number of hydrogen-bond donors (Lipinski definition) is 1. The minimum atomic E-state index is 0.475.